The number of rotatable bonds is 6. The monoisotopic (exact) mass is 356 g/mol. The van der Waals surface area contributed by atoms with Crippen molar-refractivity contribution in [1.29, 1.82) is 0 Å². The Bertz CT molecular complexity index is 793. The van der Waals surface area contributed by atoms with E-state index in [1.165, 1.54) is 15.6 Å². The van der Waals surface area contributed by atoms with Crippen molar-refractivity contribution in [1.82, 2.24) is 19.6 Å². The molecule has 2 aromatic heterocycles. The van der Waals surface area contributed by atoms with E-state index >= 15 is 0 Å². The third kappa shape index (κ3) is 4.10. The zero-order valence-electron chi connectivity index (χ0n) is 14.3. The predicted octanol–water partition coefficient (Wildman–Crippen LogP) is 2.28. The topological polar surface area (TPSA) is 44.5 Å². The summed E-state index contributed by atoms with van der Waals surface area (Å²) in [6.07, 6.45) is 3.28. The van der Waals surface area contributed by atoms with Gasteiger partial charge in [-0.1, -0.05) is 18.2 Å². The fraction of sp³-hybridized carbons (Fsp3) is 0.421. The number of hydrogen-bond donors (Lipinski definition) is 1. The number of aliphatic hydroxyl groups is 1. The summed E-state index contributed by atoms with van der Waals surface area (Å²) in [4.78, 5) is 4.88. The van der Waals surface area contributed by atoms with Crippen molar-refractivity contribution in [2.45, 2.75) is 19.2 Å². The summed E-state index contributed by atoms with van der Waals surface area (Å²) in [5.74, 6) is 0. The molecule has 3 aromatic rings. The number of fused-ring (bicyclic) bond motifs is 1. The Kier molecular flexibility index (Phi) is 5.12. The molecule has 1 aliphatic rings. The van der Waals surface area contributed by atoms with Crippen molar-refractivity contribution in [2.75, 3.05) is 32.7 Å². The Morgan fingerprint density at radius 2 is 1.84 bits per heavy atom. The van der Waals surface area contributed by atoms with Crippen LogP contribution in [0.3, 0.4) is 0 Å². The van der Waals surface area contributed by atoms with Crippen molar-refractivity contribution in [3.05, 3.63) is 53.7 Å². The van der Waals surface area contributed by atoms with Gasteiger partial charge in [-0.15, -0.1) is 11.3 Å². The van der Waals surface area contributed by atoms with Crippen molar-refractivity contribution in [3.8, 4) is 0 Å². The summed E-state index contributed by atoms with van der Waals surface area (Å²) in [5.41, 5.74) is 1.44. The molecule has 3 heterocycles. The molecule has 1 fully saturated rings. The highest BCUT2D eigenvalue weighted by Gasteiger charge is 2.20. The normalized spacial score (nSPS) is 18.0. The second-order valence-corrected chi connectivity index (χ2v) is 7.63. The van der Waals surface area contributed by atoms with Gasteiger partial charge in [0, 0.05) is 56.4 Å². The maximum absolute atomic E-state index is 10.3. The average Bonchev–Trinajstić information content (AvgIpc) is 3.27. The molecule has 5 nitrogen and oxygen atoms in total. The quantitative estimate of drug-likeness (QED) is 0.736. The van der Waals surface area contributed by atoms with Crippen molar-refractivity contribution in [3.63, 3.8) is 0 Å². The molecule has 0 bridgehead atoms. The fourth-order valence-corrected chi connectivity index (χ4v) is 4.46. The SMILES string of the molecule is OC(CN1CCN(Cc2csc3ccccc23)CC1)Cn1cccn1. The average molecular weight is 356 g/mol. The summed E-state index contributed by atoms with van der Waals surface area (Å²) in [6.45, 7) is 6.44. The maximum Gasteiger partial charge on any atom is 0.0862 e. The molecule has 0 aliphatic carbocycles. The van der Waals surface area contributed by atoms with Gasteiger partial charge in [0.05, 0.1) is 12.6 Å². The van der Waals surface area contributed by atoms with E-state index < -0.39 is 0 Å². The largest absolute Gasteiger partial charge is 0.390 e. The van der Waals surface area contributed by atoms with Gasteiger partial charge in [-0.05, 0) is 28.5 Å². The van der Waals surface area contributed by atoms with Crippen LogP contribution in [0.15, 0.2) is 48.1 Å². The maximum atomic E-state index is 10.3. The molecular weight excluding hydrogens is 332 g/mol. The van der Waals surface area contributed by atoms with Crippen LogP contribution in [-0.2, 0) is 13.1 Å². The Labute approximate surface area is 152 Å². The molecule has 1 N–H and O–H groups in total. The van der Waals surface area contributed by atoms with Gasteiger partial charge in [-0.25, -0.2) is 0 Å². The number of hydrogen-bond acceptors (Lipinski definition) is 5. The molecule has 1 saturated heterocycles. The van der Waals surface area contributed by atoms with Crippen LogP contribution in [0.4, 0.5) is 0 Å². The second-order valence-electron chi connectivity index (χ2n) is 6.72. The molecule has 25 heavy (non-hydrogen) atoms. The molecule has 0 saturated carbocycles. The Balaban J connectivity index is 1.27. The zero-order valence-corrected chi connectivity index (χ0v) is 15.1. The van der Waals surface area contributed by atoms with E-state index in [-0.39, 0.29) is 6.10 Å². The lowest BCUT2D eigenvalue weighted by Gasteiger charge is -2.35. The van der Waals surface area contributed by atoms with Gasteiger partial charge >= 0.3 is 0 Å². The van der Waals surface area contributed by atoms with Gasteiger partial charge in [0.1, 0.15) is 0 Å². The third-order valence-electron chi connectivity index (χ3n) is 4.85. The van der Waals surface area contributed by atoms with E-state index in [1.54, 1.807) is 10.9 Å². The molecule has 0 amide bonds. The highest BCUT2D eigenvalue weighted by Crippen LogP contribution is 2.26. The lowest BCUT2D eigenvalue weighted by molar-refractivity contribution is 0.0607. The van der Waals surface area contributed by atoms with Crippen LogP contribution >= 0.6 is 11.3 Å². The van der Waals surface area contributed by atoms with Gasteiger partial charge in [0.2, 0.25) is 0 Å². The second kappa shape index (κ2) is 7.66. The molecule has 0 radical (unpaired) electrons. The van der Waals surface area contributed by atoms with Crippen LogP contribution in [-0.4, -0.2) is 63.5 Å². The van der Waals surface area contributed by atoms with E-state index in [0.717, 1.165) is 39.3 Å². The summed E-state index contributed by atoms with van der Waals surface area (Å²) >= 11 is 1.83. The molecular formula is C19H24N4OS. The number of aliphatic hydroxyl groups excluding tert-OH is 1. The van der Waals surface area contributed by atoms with E-state index in [4.69, 9.17) is 0 Å². The first-order chi connectivity index (χ1) is 12.3. The van der Waals surface area contributed by atoms with Crippen LogP contribution in [0.25, 0.3) is 10.1 Å². The van der Waals surface area contributed by atoms with Crippen LogP contribution in [0.2, 0.25) is 0 Å². The highest BCUT2D eigenvalue weighted by atomic mass is 32.1. The Morgan fingerprint density at radius 1 is 1.04 bits per heavy atom. The molecule has 1 atom stereocenters. The van der Waals surface area contributed by atoms with E-state index in [1.807, 2.05) is 23.6 Å². The molecule has 1 unspecified atom stereocenters. The summed E-state index contributed by atoms with van der Waals surface area (Å²) in [7, 11) is 0. The minimum atomic E-state index is -0.368. The van der Waals surface area contributed by atoms with Crippen LogP contribution < -0.4 is 0 Å². The summed E-state index contributed by atoms with van der Waals surface area (Å²) in [5, 5.41) is 18.1. The van der Waals surface area contributed by atoms with Crippen molar-refractivity contribution in [2.24, 2.45) is 0 Å². The number of nitrogens with zero attached hydrogens (tertiary/aromatic N) is 4. The van der Waals surface area contributed by atoms with Crippen LogP contribution in [0, 0.1) is 0 Å². The molecule has 0 spiro atoms. The first-order valence-corrected chi connectivity index (χ1v) is 9.71. The zero-order chi connectivity index (χ0) is 17.1. The minimum Gasteiger partial charge on any atom is -0.390 e. The number of β-amino-alcohol motifs (C(OH)–C–C–N with tert-alkyl or cyclic N) is 1. The molecule has 1 aromatic carbocycles. The van der Waals surface area contributed by atoms with Gasteiger partial charge in [-0.3, -0.25) is 14.5 Å². The molecule has 4 rings (SSSR count). The molecule has 1 aliphatic heterocycles. The van der Waals surface area contributed by atoms with Crippen molar-refractivity contribution < 1.29 is 5.11 Å². The lowest BCUT2D eigenvalue weighted by Crippen LogP contribution is -2.48. The summed E-state index contributed by atoms with van der Waals surface area (Å²) < 4.78 is 3.17. The first-order valence-electron chi connectivity index (χ1n) is 8.83. The van der Waals surface area contributed by atoms with Gasteiger partial charge in [0.15, 0.2) is 0 Å². The third-order valence-corrected chi connectivity index (χ3v) is 5.86. The van der Waals surface area contributed by atoms with E-state index in [9.17, 15) is 5.11 Å². The highest BCUT2D eigenvalue weighted by molar-refractivity contribution is 7.17. The predicted molar refractivity (Wildman–Crippen MR) is 102 cm³/mol. The molecule has 132 valence electrons. The van der Waals surface area contributed by atoms with Gasteiger partial charge < -0.3 is 5.11 Å². The van der Waals surface area contributed by atoms with Crippen LogP contribution in [0.5, 0.6) is 0 Å². The number of benzene rings is 1. The van der Waals surface area contributed by atoms with Crippen molar-refractivity contribution >= 4 is 21.4 Å². The standard InChI is InChI=1S/C19H24N4OS/c24-17(14-23-7-3-6-20-23)13-22-10-8-21(9-11-22)12-16-15-25-19-5-2-1-4-18(16)19/h1-7,15,17,24H,8-14H2. The van der Waals surface area contributed by atoms with Crippen LogP contribution in [0.1, 0.15) is 5.56 Å². The number of aromatic nitrogens is 2. The number of piperazine rings is 1. The number of thiophene rings is 1. The van der Waals surface area contributed by atoms with Gasteiger partial charge in [0.25, 0.3) is 0 Å². The lowest BCUT2D eigenvalue weighted by atomic mass is 10.1. The molecule has 6 heteroatoms. The smallest absolute Gasteiger partial charge is 0.0862 e. The van der Waals surface area contributed by atoms with E-state index in [2.05, 4.69) is 44.5 Å². The Hall–Kier alpha value is -1.73. The van der Waals surface area contributed by atoms with Gasteiger partial charge in [-0.2, -0.15) is 5.10 Å². The fourth-order valence-electron chi connectivity index (χ4n) is 3.51. The van der Waals surface area contributed by atoms with E-state index in [0.29, 0.717) is 6.54 Å². The summed E-state index contributed by atoms with van der Waals surface area (Å²) in [6, 6.07) is 10.5. The first kappa shape index (κ1) is 16.7. The minimum absolute atomic E-state index is 0.368. The Morgan fingerprint density at radius 3 is 2.64 bits per heavy atom.